The van der Waals surface area contributed by atoms with E-state index in [2.05, 4.69) is 4.90 Å². The highest BCUT2D eigenvalue weighted by Crippen LogP contribution is 2.41. The molecule has 1 atom stereocenters. The van der Waals surface area contributed by atoms with Gasteiger partial charge in [-0.25, -0.2) is 9.97 Å². The summed E-state index contributed by atoms with van der Waals surface area (Å²) < 4.78 is 11.3. The molecule has 0 radical (unpaired) electrons. The number of anilines is 1. The van der Waals surface area contributed by atoms with Gasteiger partial charge in [-0.05, 0) is 44.0 Å². The summed E-state index contributed by atoms with van der Waals surface area (Å²) in [6.45, 7) is 3.95. The van der Waals surface area contributed by atoms with Crippen molar-refractivity contribution in [1.82, 2.24) is 9.97 Å². The molecule has 1 unspecified atom stereocenters. The Balaban J connectivity index is 1.61. The van der Waals surface area contributed by atoms with Crippen molar-refractivity contribution in [3.8, 4) is 28.3 Å². The molecule has 0 aliphatic carbocycles. The SMILES string of the molecule is CCOC(=O)C1CCCN(c2nc(-c3cccc(Cl)c3)c3c(n2)-c2ccccc2OC3)C1. The number of hydrogen-bond donors (Lipinski definition) is 0. The fraction of sp³-hybridized carbons (Fsp3) is 0.320. The predicted molar refractivity (Wildman–Crippen MR) is 124 cm³/mol. The van der Waals surface area contributed by atoms with E-state index in [1.807, 2.05) is 55.5 Å². The molecule has 0 saturated carbocycles. The van der Waals surface area contributed by atoms with Crippen LogP contribution in [-0.2, 0) is 16.1 Å². The lowest BCUT2D eigenvalue weighted by Crippen LogP contribution is -2.40. The monoisotopic (exact) mass is 449 g/mol. The van der Waals surface area contributed by atoms with E-state index >= 15 is 0 Å². The van der Waals surface area contributed by atoms with Crippen LogP contribution in [0.1, 0.15) is 25.3 Å². The fourth-order valence-corrected chi connectivity index (χ4v) is 4.59. The minimum absolute atomic E-state index is 0.149. The second-order valence-corrected chi connectivity index (χ2v) is 8.47. The van der Waals surface area contributed by atoms with Gasteiger partial charge in [0.15, 0.2) is 0 Å². The molecular weight excluding hydrogens is 426 g/mol. The molecule has 2 aromatic carbocycles. The van der Waals surface area contributed by atoms with Crippen molar-refractivity contribution in [3.63, 3.8) is 0 Å². The fourth-order valence-electron chi connectivity index (χ4n) is 4.40. The minimum atomic E-state index is -0.173. The van der Waals surface area contributed by atoms with Gasteiger partial charge in [0.2, 0.25) is 5.95 Å². The Morgan fingerprint density at radius 2 is 2.03 bits per heavy atom. The first-order valence-electron chi connectivity index (χ1n) is 10.9. The average Bonchev–Trinajstić information content (AvgIpc) is 2.83. The van der Waals surface area contributed by atoms with Gasteiger partial charge < -0.3 is 14.4 Å². The van der Waals surface area contributed by atoms with Crippen LogP contribution in [0.15, 0.2) is 48.5 Å². The Hall–Kier alpha value is -3.12. The zero-order chi connectivity index (χ0) is 22.1. The van der Waals surface area contributed by atoms with Crippen LogP contribution < -0.4 is 9.64 Å². The molecule has 3 aromatic rings. The lowest BCUT2D eigenvalue weighted by molar-refractivity contribution is -0.148. The average molecular weight is 450 g/mol. The highest BCUT2D eigenvalue weighted by Gasteiger charge is 2.31. The molecule has 0 spiro atoms. The molecule has 5 rings (SSSR count). The highest BCUT2D eigenvalue weighted by atomic mass is 35.5. The Kier molecular flexibility index (Phi) is 5.70. The smallest absolute Gasteiger partial charge is 0.310 e. The van der Waals surface area contributed by atoms with E-state index in [0.717, 1.165) is 53.2 Å². The standard InChI is InChI=1S/C25H24ClN3O3/c1-2-31-24(30)17-8-6-12-29(14-17)25-27-22(16-7-5-9-18(26)13-16)20-15-32-21-11-4-3-10-19(21)23(20)28-25/h3-5,7,9-11,13,17H,2,6,8,12,14-15H2,1H3. The second-order valence-electron chi connectivity index (χ2n) is 8.03. The van der Waals surface area contributed by atoms with Gasteiger partial charge in [0.25, 0.3) is 0 Å². The number of nitrogens with zero attached hydrogens (tertiary/aromatic N) is 3. The first kappa shape index (κ1) is 20.8. The number of piperidine rings is 1. The zero-order valence-electron chi connectivity index (χ0n) is 17.9. The number of carbonyl (C=O) groups is 1. The van der Waals surface area contributed by atoms with Gasteiger partial charge in [-0.3, -0.25) is 4.79 Å². The van der Waals surface area contributed by atoms with Gasteiger partial charge >= 0.3 is 5.97 Å². The number of benzene rings is 2. The maximum absolute atomic E-state index is 12.4. The quantitative estimate of drug-likeness (QED) is 0.514. The zero-order valence-corrected chi connectivity index (χ0v) is 18.6. The summed E-state index contributed by atoms with van der Waals surface area (Å²) in [5.41, 5.74) is 4.47. The van der Waals surface area contributed by atoms with Crippen LogP contribution in [0.4, 0.5) is 5.95 Å². The van der Waals surface area contributed by atoms with Crippen LogP contribution in [-0.4, -0.2) is 35.6 Å². The molecule has 1 aromatic heterocycles. The topological polar surface area (TPSA) is 64.5 Å². The maximum atomic E-state index is 12.4. The molecule has 0 amide bonds. The molecular formula is C25H24ClN3O3. The molecule has 3 heterocycles. The lowest BCUT2D eigenvalue weighted by Gasteiger charge is -2.33. The molecule has 2 aliphatic heterocycles. The van der Waals surface area contributed by atoms with Gasteiger partial charge in [-0.1, -0.05) is 35.9 Å². The number of para-hydroxylation sites is 1. The summed E-state index contributed by atoms with van der Waals surface area (Å²) in [5, 5.41) is 0.647. The van der Waals surface area contributed by atoms with Gasteiger partial charge in [-0.15, -0.1) is 0 Å². The molecule has 0 N–H and O–H groups in total. The molecule has 1 fully saturated rings. The van der Waals surface area contributed by atoms with E-state index < -0.39 is 0 Å². The van der Waals surface area contributed by atoms with E-state index in [9.17, 15) is 4.79 Å². The first-order chi connectivity index (χ1) is 15.6. The van der Waals surface area contributed by atoms with Gasteiger partial charge in [0, 0.05) is 34.8 Å². The van der Waals surface area contributed by atoms with Crippen LogP contribution >= 0.6 is 11.6 Å². The van der Waals surface area contributed by atoms with E-state index in [4.69, 9.17) is 31.0 Å². The molecule has 6 nitrogen and oxygen atoms in total. The van der Waals surface area contributed by atoms with Crippen molar-refractivity contribution in [2.45, 2.75) is 26.4 Å². The summed E-state index contributed by atoms with van der Waals surface area (Å²) in [6, 6.07) is 15.6. The number of rotatable bonds is 4. The number of fused-ring (bicyclic) bond motifs is 3. The van der Waals surface area contributed by atoms with Crippen LogP contribution in [0.5, 0.6) is 5.75 Å². The Morgan fingerprint density at radius 1 is 1.19 bits per heavy atom. The summed E-state index contributed by atoms with van der Waals surface area (Å²) in [4.78, 5) is 24.4. The predicted octanol–water partition coefficient (Wildman–Crippen LogP) is 5.14. The highest BCUT2D eigenvalue weighted by molar-refractivity contribution is 6.30. The number of carbonyl (C=O) groups excluding carboxylic acids is 1. The first-order valence-corrected chi connectivity index (χ1v) is 11.3. The van der Waals surface area contributed by atoms with Crippen LogP contribution in [0, 0.1) is 5.92 Å². The van der Waals surface area contributed by atoms with Crippen molar-refractivity contribution >= 4 is 23.5 Å². The Labute approximate surface area is 192 Å². The van der Waals surface area contributed by atoms with Crippen molar-refractivity contribution < 1.29 is 14.3 Å². The summed E-state index contributed by atoms with van der Waals surface area (Å²) in [7, 11) is 0. The van der Waals surface area contributed by atoms with Crippen molar-refractivity contribution in [1.29, 1.82) is 0 Å². The van der Waals surface area contributed by atoms with E-state index in [1.165, 1.54) is 0 Å². The number of halogens is 1. The summed E-state index contributed by atoms with van der Waals surface area (Å²) >= 11 is 6.29. The van der Waals surface area contributed by atoms with Gasteiger partial charge in [0.1, 0.15) is 12.4 Å². The number of aromatic nitrogens is 2. The second kappa shape index (κ2) is 8.79. The largest absolute Gasteiger partial charge is 0.488 e. The summed E-state index contributed by atoms with van der Waals surface area (Å²) in [5.74, 6) is 1.10. The van der Waals surface area contributed by atoms with Gasteiger partial charge in [0.05, 0.1) is 23.9 Å². The van der Waals surface area contributed by atoms with Crippen molar-refractivity contribution in [3.05, 3.63) is 59.1 Å². The molecule has 7 heteroatoms. The third-order valence-corrected chi connectivity index (χ3v) is 6.17. The van der Waals surface area contributed by atoms with E-state index in [-0.39, 0.29) is 11.9 Å². The van der Waals surface area contributed by atoms with E-state index in [1.54, 1.807) is 0 Å². The van der Waals surface area contributed by atoms with Crippen LogP contribution in [0.25, 0.3) is 22.5 Å². The van der Waals surface area contributed by atoms with Crippen molar-refractivity contribution in [2.24, 2.45) is 5.92 Å². The third kappa shape index (κ3) is 3.91. The number of ether oxygens (including phenoxy) is 2. The lowest BCUT2D eigenvalue weighted by atomic mass is 9.97. The normalized spacial score (nSPS) is 17.2. The molecule has 0 bridgehead atoms. The van der Waals surface area contributed by atoms with Crippen LogP contribution in [0.2, 0.25) is 5.02 Å². The van der Waals surface area contributed by atoms with Crippen molar-refractivity contribution in [2.75, 3.05) is 24.6 Å². The maximum Gasteiger partial charge on any atom is 0.310 e. The number of esters is 1. The molecule has 32 heavy (non-hydrogen) atoms. The molecule has 1 saturated heterocycles. The van der Waals surface area contributed by atoms with Gasteiger partial charge in [-0.2, -0.15) is 0 Å². The minimum Gasteiger partial charge on any atom is -0.488 e. The Bertz CT molecular complexity index is 1170. The van der Waals surface area contributed by atoms with Crippen LogP contribution in [0.3, 0.4) is 0 Å². The molecule has 2 aliphatic rings. The van der Waals surface area contributed by atoms with E-state index in [0.29, 0.717) is 30.7 Å². The summed E-state index contributed by atoms with van der Waals surface area (Å²) in [6.07, 6.45) is 1.70. The Morgan fingerprint density at radius 3 is 2.88 bits per heavy atom. The third-order valence-electron chi connectivity index (χ3n) is 5.93. The molecule has 164 valence electrons. The number of hydrogen-bond acceptors (Lipinski definition) is 6.